The summed E-state index contributed by atoms with van der Waals surface area (Å²) in [4.78, 5) is 3.25. The van der Waals surface area contributed by atoms with Crippen LogP contribution in [0.3, 0.4) is 0 Å². The molecule has 17 heavy (non-hydrogen) atoms. The first-order valence-corrected chi connectivity index (χ1v) is 6.29. The molecule has 1 N–H and O–H groups in total. The molecule has 4 nitrogen and oxygen atoms in total. The Labute approximate surface area is 106 Å². The van der Waals surface area contributed by atoms with Crippen LogP contribution >= 0.6 is 12.2 Å². The Hall–Kier alpha value is -1.36. The molecule has 2 aromatic rings. The predicted octanol–water partition coefficient (Wildman–Crippen LogP) is 3.36. The summed E-state index contributed by atoms with van der Waals surface area (Å²) >= 11 is 5.40. The first kappa shape index (κ1) is 12.1. The van der Waals surface area contributed by atoms with Crippen LogP contribution in [0.15, 0.2) is 12.7 Å². The van der Waals surface area contributed by atoms with Gasteiger partial charge in [-0.25, -0.2) is 4.68 Å². The van der Waals surface area contributed by atoms with Gasteiger partial charge in [-0.1, -0.05) is 6.08 Å². The Kier molecular flexibility index (Phi) is 3.19. The molecule has 2 rings (SSSR count). The molecule has 0 saturated carbocycles. The lowest BCUT2D eigenvalue weighted by molar-refractivity contribution is 0.539. The van der Waals surface area contributed by atoms with E-state index in [2.05, 4.69) is 35.1 Å². The summed E-state index contributed by atoms with van der Waals surface area (Å²) in [5.41, 5.74) is 3.13. The number of allylic oxidation sites excluding steroid dienone is 1. The number of hydrogen-bond acceptors (Lipinski definition) is 2. The monoisotopic (exact) mass is 250 g/mol. The van der Waals surface area contributed by atoms with Crippen molar-refractivity contribution >= 4 is 23.4 Å². The Bertz CT molecular complexity index is 602. The van der Waals surface area contributed by atoms with E-state index in [1.54, 1.807) is 0 Å². The minimum Gasteiger partial charge on any atom is -0.328 e. The minimum absolute atomic E-state index is 0.301. The molecule has 2 heterocycles. The van der Waals surface area contributed by atoms with Crippen LogP contribution in [-0.4, -0.2) is 19.3 Å². The molecule has 0 aromatic carbocycles. The van der Waals surface area contributed by atoms with E-state index >= 15 is 0 Å². The van der Waals surface area contributed by atoms with Gasteiger partial charge >= 0.3 is 0 Å². The van der Waals surface area contributed by atoms with Gasteiger partial charge in [0.25, 0.3) is 0 Å². The zero-order valence-electron chi connectivity index (χ0n) is 10.5. The summed E-state index contributed by atoms with van der Waals surface area (Å²) < 4.78 is 4.89. The van der Waals surface area contributed by atoms with Crippen LogP contribution in [0.5, 0.6) is 0 Å². The summed E-state index contributed by atoms with van der Waals surface area (Å²) in [5.74, 6) is 0. The molecular formula is C12H18N4S. The van der Waals surface area contributed by atoms with Crippen molar-refractivity contribution in [2.45, 2.75) is 39.8 Å². The van der Waals surface area contributed by atoms with Crippen LogP contribution < -0.4 is 0 Å². The van der Waals surface area contributed by atoms with Crippen LogP contribution in [0.4, 0.5) is 0 Å². The van der Waals surface area contributed by atoms with Crippen molar-refractivity contribution in [3.8, 4) is 0 Å². The molecule has 2 aromatic heterocycles. The summed E-state index contributed by atoms with van der Waals surface area (Å²) in [7, 11) is 0. The van der Waals surface area contributed by atoms with Gasteiger partial charge in [-0.15, -0.1) is 6.58 Å². The van der Waals surface area contributed by atoms with E-state index in [1.165, 1.54) is 0 Å². The Morgan fingerprint density at radius 2 is 2.29 bits per heavy atom. The average molecular weight is 250 g/mol. The molecule has 0 saturated heterocycles. The third-order valence-electron chi connectivity index (χ3n) is 3.03. The van der Waals surface area contributed by atoms with Crippen molar-refractivity contribution in [2.75, 3.05) is 0 Å². The Balaban J connectivity index is 2.72. The number of aromatic amines is 1. The van der Waals surface area contributed by atoms with Crippen molar-refractivity contribution in [1.29, 1.82) is 0 Å². The van der Waals surface area contributed by atoms with Gasteiger partial charge in [0.05, 0.1) is 5.69 Å². The first-order chi connectivity index (χ1) is 8.10. The molecule has 1 atom stereocenters. The van der Waals surface area contributed by atoms with Crippen LogP contribution in [0.1, 0.15) is 32.0 Å². The van der Waals surface area contributed by atoms with E-state index in [1.807, 2.05) is 17.7 Å². The molecule has 0 aliphatic carbocycles. The molecule has 0 amide bonds. The smallest absolute Gasteiger partial charge is 0.179 e. The minimum atomic E-state index is 0.301. The van der Waals surface area contributed by atoms with Crippen LogP contribution in [-0.2, 0) is 6.54 Å². The Morgan fingerprint density at radius 1 is 1.59 bits per heavy atom. The lowest BCUT2D eigenvalue weighted by Gasteiger charge is -2.12. The van der Waals surface area contributed by atoms with Crippen molar-refractivity contribution in [1.82, 2.24) is 19.3 Å². The fourth-order valence-corrected chi connectivity index (χ4v) is 2.57. The molecule has 0 aliphatic heterocycles. The van der Waals surface area contributed by atoms with Gasteiger partial charge in [0.2, 0.25) is 0 Å². The fourth-order valence-electron chi connectivity index (χ4n) is 2.20. The highest BCUT2D eigenvalue weighted by atomic mass is 32.1. The second-order valence-electron chi connectivity index (χ2n) is 4.27. The third-order valence-corrected chi connectivity index (χ3v) is 3.33. The maximum atomic E-state index is 5.40. The van der Waals surface area contributed by atoms with E-state index in [-0.39, 0.29) is 0 Å². The molecule has 0 spiro atoms. The van der Waals surface area contributed by atoms with E-state index in [0.717, 1.165) is 34.6 Å². The molecule has 0 bridgehead atoms. The van der Waals surface area contributed by atoms with Crippen molar-refractivity contribution < 1.29 is 0 Å². The van der Waals surface area contributed by atoms with Gasteiger partial charge < -0.3 is 4.98 Å². The quantitative estimate of drug-likeness (QED) is 0.667. The molecule has 5 heteroatoms. The molecule has 92 valence electrons. The number of fused-ring (bicyclic) bond motifs is 1. The van der Waals surface area contributed by atoms with Crippen molar-refractivity contribution in [3.05, 3.63) is 23.1 Å². The van der Waals surface area contributed by atoms with Crippen molar-refractivity contribution in [2.24, 2.45) is 0 Å². The predicted molar refractivity (Wildman–Crippen MR) is 72.8 cm³/mol. The molecule has 1 unspecified atom stereocenters. The fraction of sp³-hybridized carbons (Fsp3) is 0.500. The topological polar surface area (TPSA) is 38.5 Å². The second-order valence-corrected chi connectivity index (χ2v) is 4.66. The van der Waals surface area contributed by atoms with Gasteiger partial charge in [0.15, 0.2) is 10.4 Å². The SMILES string of the molecule is C=CCC(C)n1c(=S)[nH]c2c(C)nn(CC)c21. The number of rotatable bonds is 4. The number of nitrogens with zero attached hydrogens (tertiary/aromatic N) is 3. The summed E-state index contributed by atoms with van der Waals surface area (Å²) in [6, 6.07) is 0.301. The number of H-pyrrole nitrogens is 1. The average Bonchev–Trinajstić information content (AvgIpc) is 2.76. The highest BCUT2D eigenvalue weighted by Gasteiger charge is 2.16. The molecular weight excluding hydrogens is 232 g/mol. The summed E-state index contributed by atoms with van der Waals surface area (Å²) in [5, 5.41) is 4.50. The lowest BCUT2D eigenvalue weighted by atomic mass is 10.2. The first-order valence-electron chi connectivity index (χ1n) is 5.88. The maximum absolute atomic E-state index is 5.40. The van der Waals surface area contributed by atoms with E-state index in [4.69, 9.17) is 12.2 Å². The normalized spacial score (nSPS) is 13.1. The zero-order valence-corrected chi connectivity index (χ0v) is 11.3. The van der Waals surface area contributed by atoms with Crippen LogP contribution in [0.25, 0.3) is 11.2 Å². The number of nitrogens with one attached hydrogen (secondary N) is 1. The summed E-state index contributed by atoms with van der Waals surface area (Å²) in [6.45, 7) is 10.9. The lowest BCUT2D eigenvalue weighted by Crippen LogP contribution is -2.09. The largest absolute Gasteiger partial charge is 0.328 e. The van der Waals surface area contributed by atoms with Gasteiger partial charge in [-0.3, -0.25) is 4.57 Å². The van der Waals surface area contributed by atoms with E-state index in [9.17, 15) is 0 Å². The maximum Gasteiger partial charge on any atom is 0.179 e. The van der Waals surface area contributed by atoms with Crippen molar-refractivity contribution in [3.63, 3.8) is 0 Å². The highest BCUT2D eigenvalue weighted by molar-refractivity contribution is 7.71. The highest BCUT2D eigenvalue weighted by Crippen LogP contribution is 2.23. The number of aryl methyl sites for hydroxylation is 2. The second kappa shape index (κ2) is 4.49. The third kappa shape index (κ3) is 1.84. The summed E-state index contributed by atoms with van der Waals surface area (Å²) in [6.07, 6.45) is 2.82. The zero-order chi connectivity index (χ0) is 12.6. The van der Waals surface area contributed by atoms with Gasteiger partial charge in [-0.05, 0) is 39.4 Å². The molecule has 0 aliphatic rings. The standard InChI is InChI=1S/C12H18N4S/c1-5-7-8(3)16-11-10(13-12(16)17)9(4)14-15(11)6-2/h5,8H,1,6-7H2,2-4H3,(H,13,17). The van der Waals surface area contributed by atoms with Gasteiger partial charge in [0, 0.05) is 12.6 Å². The van der Waals surface area contributed by atoms with Crippen LogP contribution in [0.2, 0.25) is 0 Å². The molecule has 0 radical (unpaired) electrons. The van der Waals surface area contributed by atoms with Gasteiger partial charge in [-0.2, -0.15) is 5.10 Å². The molecule has 0 fully saturated rings. The van der Waals surface area contributed by atoms with E-state index < -0.39 is 0 Å². The number of imidazole rings is 1. The number of aromatic nitrogens is 4. The Morgan fingerprint density at radius 3 is 2.88 bits per heavy atom. The number of hydrogen-bond donors (Lipinski definition) is 1. The van der Waals surface area contributed by atoms with E-state index in [0.29, 0.717) is 6.04 Å². The van der Waals surface area contributed by atoms with Gasteiger partial charge in [0.1, 0.15) is 5.52 Å². The van der Waals surface area contributed by atoms with Crippen LogP contribution in [0, 0.1) is 11.7 Å².